The quantitative estimate of drug-likeness (QED) is 0.871. The Kier molecular flexibility index (Phi) is 5.52. The van der Waals surface area contributed by atoms with Gasteiger partial charge in [-0.3, -0.25) is 9.59 Å². The highest BCUT2D eigenvalue weighted by molar-refractivity contribution is 9.10. The number of nitrogens with one attached hydrogen (secondary N) is 1. The molecule has 0 radical (unpaired) electrons. The Morgan fingerprint density at radius 3 is 2.68 bits per heavy atom. The minimum Gasteiger partial charge on any atom is -0.481 e. The van der Waals surface area contributed by atoms with Crippen molar-refractivity contribution in [2.75, 3.05) is 5.32 Å². The first-order chi connectivity index (χ1) is 8.92. The fourth-order valence-corrected chi connectivity index (χ4v) is 2.05. The van der Waals surface area contributed by atoms with Gasteiger partial charge in [0.15, 0.2) is 0 Å². The van der Waals surface area contributed by atoms with Crippen molar-refractivity contribution in [3.8, 4) is 6.07 Å². The van der Waals surface area contributed by atoms with E-state index >= 15 is 0 Å². The third-order valence-corrected chi connectivity index (χ3v) is 3.09. The van der Waals surface area contributed by atoms with Crippen LogP contribution in [0.1, 0.15) is 25.3 Å². The summed E-state index contributed by atoms with van der Waals surface area (Å²) in [5.74, 6) is -1.39. The highest BCUT2D eigenvalue weighted by atomic mass is 79.9. The zero-order chi connectivity index (χ0) is 14.4. The molecule has 0 aliphatic carbocycles. The van der Waals surface area contributed by atoms with Gasteiger partial charge in [-0.15, -0.1) is 0 Å². The molecule has 5 nitrogen and oxygen atoms in total. The van der Waals surface area contributed by atoms with Gasteiger partial charge in [-0.1, -0.05) is 6.92 Å². The van der Waals surface area contributed by atoms with E-state index in [1.807, 2.05) is 6.07 Å². The van der Waals surface area contributed by atoms with Gasteiger partial charge in [-0.05, 0) is 40.0 Å². The molecule has 1 atom stereocenters. The third kappa shape index (κ3) is 5.10. The molecule has 1 aromatic rings. The number of hydrogen-bond acceptors (Lipinski definition) is 3. The smallest absolute Gasteiger partial charge is 0.303 e. The standard InChI is InChI=1S/C13H13BrN2O3/c1-8(5-13(18)19)4-12(17)16-11-3-2-9(7-15)6-10(11)14/h2-3,6,8H,4-5H2,1H3,(H,16,17)(H,18,19). The number of carboxylic acid groups (broad SMARTS) is 1. The predicted molar refractivity (Wildman–Crippen MR) is 73.5 cm³/mol. The summed E-state index contributed by atoms with van der Waals surface area (Å²) in [6.45, 7) is 1.71. The summed E-state index contributed by atoms with van der Waals surface area (Å²) >= 11 is 3.26. The number of halogens is 1. The molecule has 1 amide bonds. The van der Waals surface area contributed by atoms with Gasteiger partial charge in [-0.2, -0.15) is 5.26 Å². The van der Waals surface area contributed by atoms with Gasteiger partial charge >= 0.3 is 5.97 Å². The van der Waals surface area contributed by atoms with E-state index in [1.54, 1.807) is 25.1 Å². The number of amides is 1. The van der Waals surface area contributed by atoms with E-state index in [4.69, 9.17) is 10.4 Å². The van der Waals surface area contributed by atoms with E-state index in [-0.39, 0.29) is 24.7 Å². The predicted octanol–water partition coefficient (Wildman–Crippen LogP) is 2.76. The van der Waals surface area contributed by atoms with Crippen LogP contribution in [0.3, 0.4) is 0 Å². The molecule has 1 aromatic carbocycles. The fourth-order valence-electron chi connectivity index (χ4n) is 1.57. The largest absolute Gasteiger partial charge is 0.481 e. The zero-order valence-electron chi connectivity index (χ0n) is 10.3. The number of nitrogens with zero attached hydrogens (tertiary/aromatic N) is 1. The molecular weight excluding hydrogens is 312 g/mol. The van der Waals surface area contributed by atoms with Crippen LogP contribution in [0.25, 0.3) is 0 Å². The average Bonchev–Trinajstić information content (AvgIpc) is 2.30. The molecule has 0 saturated carbocycles. The first-order valence-corrected chi connectivity index (χ1v) is 6.43. The third-order valence-electron chi connectivity index (χ3n) is 2.43. The summed E-state index contributed by atoms with van der Waals surface area (Å²) in [7, 11) is 0. The topological polar surface area (TPSA) is 90.2 Å². The van der Waals surface area contributed by atoms with Gasteiger partial charge in [0.1, 0.15) is 0 Å². The Bertz CT molecular complexity index is 537. The van der Waals surface area contributed by atoms with Gasteiger partial charge in [0.25, 0.3) is 0 Å². The SMILES string of the molecule is CC(CC(=O)O)CC(=O)Nc1ccc(C#N)cc1Br. The number of carbonyl (C=O) groups is 2. The first kappa shape index (κ1) is 15.2. The zero-order valence-corrected chi connectivity index (χ0v) is 11.9. The lowest BCUT2D eigenvalue weighted by molar-refractivity contribution is -0.138. The Labute approximate surface area is 119 Å². The number of benzene rings is 1. The van der Waals surface area contributed by atoms with Gasteiger partial charge in [0.2, 0.25) is 5.91 Å². The van der Waals surface area contributed by atoms with Gasteiger partial charge in [-0.25, -0.2) is 0 Å². The number of anilines is 1. The number of nitriles is 1. The summed E-state index contributed by atoms with van der Waals surface area (Å²) in [6.07, 6.45) is 0.0979. The van der Waals surface area contributed by atoms with E-state index in [1.165, 1.54) is 0 Å². The second-order valence-electron chi connectivity index (χ2n) is 4.26. The van der Waals surface area contributed by atoms with Crippen LogP contribution in [0.5, 0.6) is 0 Å². The van der Waals surface area contributed by atoms with Crippen LogP contribution in [0, 0.1) is 17.2 Å². The van der Waals surface area contributed by atoms with Crippen LogP contribution >= 0.6 is 15.9 Å². The molecule has 100 valence electrons. The summed E-state index contributed by atoms with van der Waals surface area (Å²) in [5.41, 5.74) is 1.05. The van der Waals surface area contributed by atoms with E-state index in [2.05, 4.69) is 21.2 Å². The van der Waals surface area contributed by atoms with Crippen LogP contribution in [-0.4, -0.2) is 17.0 Å². The molecule has 0 spiro atoms. The van der Waals surface area contributed by atoms with Crippen LogP contribution in [0.2, 0.25) is 0 Å². The molecule has 0 heterocycles. The maximum absolute atomic E-state index is 11.7. The molecule has 0 aliphatic heterocycles. The molecule has 0 fully saturated rings. The number of carbonyl (C=O) groups excluding carboxylic acids is 1. The van der Waals surface area contributed by atoms with Gasteiger partial charge < -0.3 is 10.4 Å². The van der Waals surface area contributed by atoms with Gasteiger partial charge in [0, 0.05) is 17.3 Å². The van der Waals surface area contributed by atoms with Crippen molar-refractivity contribution in [1.82, 2.24) is 0 Å². The van der Waals surface area contributed by atoms with Crippen molar-refractivity contribution in [2.24, 2.45) is 5.92 Å². The fraction of sp³-hybridized carbons (Fsp3) is 0.308. The lowest BCUT2D eigenvalue weighted by Crippen LogP contribution is -2.17. The molecule has 0 aromatic heterocycles. The van der Waals surface area contributed by atoms with Crippen molar-refractivity contribution >= 4 is 33.5 Å². The second kappa shape index (κ2) is 6.90. The van der Waals surface area contributed by atoms with Crippen molar-refractivity contribution in [2.45, 2.75) is 19.8 Å². The number of hydrogen-bond donors (Lipinski definition) is 2. The lowest BCUT2D eigenvalue weighted by Gasteiger charge is -2.10. The minimum atomic E-state index is -0.917. The highest BCUT2D eigenvalue weighted by Crippen LogP contribution is 2.24. The Morgan fingerprint density at radius 1 is 1.47 bits per heavy atom. The van der Waals surface area contributed by atoms with Gasteiger partial charge in [0.05, 0.1) is 17.3 Å². The van der Waals surface area contributed by atoms with E-state index in [0.717, 1.165) is 0 Å². The van der Waals surface area contributed by atoms with Crippen LogP contribution in [0.4, 0.5) is 5.69 Å². The summed E-state index contributed by atoms with van der Waals surface area (Å²) in [4.78, 5) is 22.2. The first-order valence-electron chi connectivity index (χ1n) is 5.63. The molecule has 19 heavy (non-hydrogen) atoms. The molecule has 0 bridgehead atoms. The molecule has 1 rings (SSSR count). The lowest BCUT2D eigenvalue weighted by atomic mass is 10.0. The number of rotatable bonds is 5. The summed E-state index contributed by atoms with van der Waals surface area (Å²) in [5, 5.41) is 20.0. The Hall–Kier alpha value is -1.87. The molecule has 1 unspecified atom stereocenters. The molecule has 6 heteroatoms. The molecule has 0 saturated heterocycles. The summed E-state index contributed by atoms with van der Waals surface area (Å²) in [6, 6.07) is 6.83. The van der Waals surface area contributed by atoms with Crippen molar-refractivity contribution in [3.05, 3.63) is 28.2 Å². The second-order valence-corrected chi connectivity index (χ2v) is 5.12. The van der Waals surface area contributed by atoms with Crippen molar-refractivity contribution in [1.29, 1.82) is 5.26 Å². The number of carboxylic acids is 1. The monoisotopic (exact) mass is 324 g/mol. The van der Waals surface area contributed by atoms with Crippen LogP contribution in [-0.2, 0) is 9.59 Å². The maximum Gasteiger partial charge on any atom is 0.303 e. The highest BCUT2D eigenvalue weighted by Gasteiger charge is 2.13. The molecular formula is C13H13BrN2O3. The van der Waals surface area contributed by atoms with Crippen LogP contribution in [0.15, 0.2) is 22.7 Å². The minimum absolute atomic E-state index is 0.0397. The maximum atomic E-state index is 11.7. The van der Waals surface area contributed by atoms with Crippen molar-refractivity contribution in [3.63, 3.8) is 0 Å². The van der Waals surface area contributed by atoms with E-state index in [0.29, 0.717) is 15.7 Å². The Morgan fingerprint density at radius 2 is 2.16 bits per heavy atom. The Balaban J connectivity index is 2.62. The normalized spacial score (nSPS) is 11.4. The van der Waals surface area contributed by atoms with Crippen LogP contribution < -0.4 is 5.32 Å². The average molecular weight is 325 g/mol. The van der Waals surface area contributed by atoms with Crippen molar-refractivity contribution < 1.29 is 14.7 Å². The molecule has 2 N–H and O–H groups in total. The summed E-state index contributed by atoms with van der Waals surface area (Å²) < 4.78 is 0.616. The number of aliphatic carboxylic acids is 1. The van der Waals surface area contributed by atoms with E-state index in [9.17, 15) is 9.59 Å². The van der Waals surface area contributed by atoms with E-state index < -0.39 is 5.97 Å². The molecule has 0 aliphatic rings.